The molecule has 1 aromatic rings. The third-order valence-corrected chi connectivity index (χ3v) is 2.97. The van der Waals surface area contributed by atoms with Gasteiger partial charge < -0.3 is 10.5 Å². The van der Waals surface area contributed by atoms with E-state index in [-0.39, 0.29) is 16.9 Å². The molecule has 1 aromatic carbocycles. The third-order valence-electron chi connectivity index (χ3n) is 2.97. The average Bonchev–Trinajstić information content (AvgIpc) is 2.47. The standard InChI is InChI=1S/C12H14N4O5/c13-10-2-1-8(16(19)20)7-9(10)11(17)12(18)14-15-3-5-21-6-4-15/h1-2,7H,3-6,13H2,(H,14,18). The Hall–Kier alpha value is -2.52. The number of Topliss-reactive ketones (excluding diaryl/α,β-unsaturated/α-hetero) is 1. The van der Waals surface area contributed by atoms with Crippen molar-refractivity contribution in [1.29, 1.82) is 0 Å². The van der Waals surface area contributed by atoms with Gasteiger partial charge in [0, 0.05) is 30.9 Å². The number of carbonyl (C=O) groups is 2. The summed E-state index contributed by atoms with van der Waals surface area (Å²) < 4.78 is 5.11. The molecule has 0 spiro atoms. The van der Waals surface area contributed by atoms with Gasteiger partial charge in [0.2, 0.25) is 0 Å². The molecule has 0 unspecified atom stereocenters. The van der Waals surface area contributed by atoms with Crippen molar-refractivity contribution >= 4 is 23.1 Å². The van der Waals surface area contributed by atoms with Crippen LogP contribution < -0.4 is 11.2 Å². The number of nitrogens with two attached hydrogens (primary N) is 1. The van der Waals surface area contributed by atoms with Crippen LogP contribution in [0.2, 0.25) is 0 Å². The second kappa shape index (κ2) is 6.29. The predicted molar refractivity (Wildman–Crippen MR) is 72.4 cm³/mol. The number of nitro groups is 1. The Bertz CT molecular complexity index is 583. The Morgan fingerprint density at radius 1 is 1.33 bits per heavy atom. The summed E-state index contributed by atoms with van der Waals surface area (Å²) in [5.74, 6) is -1.80. The van der Waals surface area contributed by atoms with E-state index in [9.17, 15) is 19.7 Å². The van der Waals surface area contributed by atoms with E-state index < -0.39 is 16.6 Å². The van der Waals surface area contributed by atoms with Crippen LogP contribution >= 0.6 is 0 Å². The van der Waals surface area contributed by atoms with Crippen molar-refractivity contribution in [2.24, 2.45) is 0 Å². The fourth-order valence-corrected chi connectivity index (χ4v) is 1.85. The highest BCUT2D eigenvalue weighted by molar-refractivity contribution is 6.43. The molecular formula is C12H14N4O5. The summed E-state index contributed by atoms with van der Waals surface area (Å²) in [5, 5.41) is 12.3. The van der Waals surface area contributed by atoms with Crippen molar-refractivity contribution in [2.45, 2.75) is 0 Å². The normalized spacial score (nSPS) is 15.4. The highest BCUT2D eigenvalue weighted by Crippen LogP contribution is 2.20. The number of non-ortho nitro benzene ring substituents is 1. The van der Waals surface area contributed by atoms with Crippen molar-refractivity contribution in [1.82, 2.24) is 10.4 Å². The maximum Gasteiger partial charge on any atom is 0.306 e. The molecule has 9 heteroatoms. The summed E-state index contributed by atoms with van der Waals surface area (Å²) in [6.07, 6.45) is 0. The number of anilines is 1. The van der Waals surface area contributed by atoms with E-state index in [0.717, 1.165) is 6.07 Å². The molecular weight excluding hydrogens is 280 g/mol. The number of ketones is 1. The second-order valence-electron chi connectivity index (χ2n) is 4.40. The molecule has 0 radical (unpaired) electrons. The SMILES string of the molecule is Nc1ccc([N+](=O)[O-])cc1C(=O)C(=O)NN1CCOCC1. The van der Waals surface area contributed by atoms with Crippen molar-refractivity contribution < 1.29 is 19.2 Å². The lowest BCUT2D eigenvalue weighted by atomic mass is 10.1. The van der Waals surface area contributed by atoms with Gasteiger partial charge in [-0.15, -0.1) is 0 Å². The van der Waals surface area contributed by atoms with Crippen LogP contribution in [0.15, 0.2) is 18.2 Å². The van der Waals surface area contributed by atoms with Gasteiger partial charge in [0.05, 0.1) is 23.7 Å². The van der Waals surface area contributed by atoms with Gasteiger partial charge in [-0.1, -0.05) is 0 Å². The Morgan fingerprint density at radius 3 is 2.62 bits per heavy atom. The molecule has 0 atom stereocenters. The molecule has 1 fully saturated rings. The Labute approximate surface area is 119 Å². The van der Waals surface area contributed by atoms with E-state index in [4.69, 9.17) is 10.5 Å². The number of nitrogens with one attached hydrogen (secondary N) is 1. The maximum atomic E-state index is 12.0. The number of hydrazine groups is 1. The largest absolute Gasteiger partial charge is 0.398 e. The van der Waals surface area contributed by atoms with Crippen LogP contribution in [-0.4, -0.2) is 47.9 Å². The number of nitrogens with zero attached hydrogens (tertiary/aromatic N) is 2. The molecule has 0 saturated carbocycles. The zero-order valence-corrected chi connectivity index (χ0v) is 11.1. The highest BCUT2D eigenvalue weighted by atomic mass is 16.6. The van der Waals surface area contributed by atoms with Gasteiger partial charge in [-0.05, 0) is 6.07 Å². The topological polar surface area (TPSA) is 128 Å². The number of carbonyl (C=O) groups excluding carboxylic acids is 2. The van der Waals surface area contributed by atoms with Crippen molar-refractivity contribution in [3.05, 3.63) is 33.9 Å². The van der Waals surface area contributed by atoms with Gasteiger partial charge in [-0.2, -0.15) is 0 Å². The molecule has 1 aliphatic rings. The van der Waals surface area contributed by atoms with Crippen molar-refractivity contribution in [2.75, 3.05) is 32.0 Å². The Balaban J connectivity index is 2.13. The minimum Gasteiger partial charge on any atom is -0.398 e. The van der Waals surface area contributed by atoms with E-state index >= 15 is 0 Å². The molecule has 21 heavy (non-hydrogen) atoms. The van der Waals surface area contributed by atoms with Gasteiger partial charge in [0.15, 0.2) is 0 Å². The molecule has 3 N–H and O–H groups in total. The number of hydrogen-bond acceptors (Lipinski definition) is 7. The van der Waals surface area contributed by atoms with Crippen LogP contribution in [0.4, 0.5) is 11.4 Å². The molecule has 1 aliphatic heterocycles. The number of hydrogen-bond donors (Lipinski definition) is 2. The van der Waals surface area contributed by atoms with Gasteiger partial charge in [0.25, 0.3) is 11.5 Å². The molecule has 0 aliphatic carbocycles. The number of ether oxygens (including phenoxy) is 1. The number of nitro benzene ring substituents is 1. The lowest BCUT2D eigenvalue weighted by Gasteiger charge is -2.26. The lowest BCUT2D eigenvalue weighted by molar-refractivity contribution is -0.384. The average molecular weight is 294 g/mol. The first-order valence-electron chi connectivity index (χ1n) is 6.21. The first-order chi connectivity index (χ1) is 9.99. The van der Waals surface area contributed by atoms with E-state index in [1.54, 1.807) is 5.01 Å². The Kier molecular flexibility index (Phi) is 4.45. The fourth-order valence-electron chi connectivity index (χ4n) is 1.85. The minimum absolute atomic E-state index is 0.0164. The smallest absolute Gasteiger partial charge is 0.306 e. The van der Waals surface area contributed by atoms with Crippen LogP contribution in [0, 0.1) is 10.1 Å². The molecule has 0 aromatic heterocycles. The predicted octanol–water partition coefficient (Wildman–Crippen LogP) is -0.277. The third kappa shape index (κ3) is 3.52. The van der Waals surface area contributed by atoms with Crippen LogP contribution in [0.3, 0.4) is 0 Å². The quantitative estimate of drug-likeness (QED) is 0.257. The Morgan fingerprint density at radius 2 is 2.00 bits per heavy atom. The van der Waals surface area contributed by atoms with E-state index in [1.165, 1.54) is 12.1 Å². The molecule has 112 valence electrons. The zero-order chi connectivity index (χ0) is 15.4. The van der Waals surface area contributed by atoms with Crippen molar-refractivity contribution in [3.8, 4) is 0 Å². The molecule has 1 saturated heterocycles. The fraction of sp³-hybridized carbons (Fsp3) is 0.333. The van der Waals surface area contributed by atoms with E-state index in [1.807, 2.05) is 0 Å². The van der Waals surface area contributed by atoms with Crippen molar-refractivity contribution in [3.63, 3.8) is 0 Å². The number of benzene rings is 1. The summed E-state index contributed by atoms with van der Waals surface area (Å²) in [4.78, 5) is 34.0. The van der Waals surface area contributed by atoms with E-state index in [0.29, 0.717) is 26.3 Å². The summed E-state index contributed by atoms with van der Waals surface area (Å²) in [5.41, 5.74) is 7.57. The molecule has 9 nitrogen and oxygen atoms in total. The van der Waals surface area contributed by atoms with E-state index in [2.05, 4.69) is 5.43 Å². The molecule has 0 bridgehead atoms. The zero-order valence-electron chi connectivity index (χ0n) is 11.1. The summed E-state index contributed by atoms with van der Waals surface area (Å²) in [6.45, 7) is 1.83. The summed E-state index contributed by atoms with van der Waals surface area (Å²) >= 11 is 0. The number of morpholine rings is 1. The number of rotatable bonds is 4. The first-order valence-corrected chi connectivity index (χ1v) is 6.21. The van der Waals surface area contributed by atoms with Crippen LogP contribution in [-0.2, 0) is 9.53 Å². The van der Waals surface area contributed by atoms with Gasteiger partial charge in [-0.25, -0.2) is 5.01 Å². The van der Waals surface area contributed by atoms with Crippen LogP contribution in [0.1, 0.15) is 10.4 Å². The van der Waals surface area contributed by atoms with Crippen LogP contribution in [0.5, 0.6) is 0 Å². The monoisotopic (exact) mass is 294 g/mol. The second-order valence-corrected chi connectivity index (χ2v) is 4.40. The van der Waals surface area contributed by atoms with Gasteiger partial charge in [0.1, 0.15) is 0 Å². The first kappa shape index (κ1) is 14.9. The summed E-state index contributed by atoms with van der Waals surface area (Å²) in [6, 6.07) is 3.40. The van der Waals surface area contributed by atoms with Crippen LogP contribution in [0.25, 0.3) is 0 Å². The molecule has 1 heterocycles. The number of nitrogen functional groups attached to an aromatic ring is 1. The molecule has 2 rings (SSSR count). The van der Waals surface area contributed by atoms with Gasteiger partial charge in [-0.3, -0.25) is 25.1 Å². The summed E-state index contributed by atoms with van der Waals surface area (Å²) in [7, 11) is 0. The minimum atomic E-state index is -0.914. The maximum absolute atomic E-state index is 12.0. The highest BCUT2D eigenvalue weighted by Gasteiger charge is 2.24. The number of amides is 1. The van der Waals surface area contributed by atoms with Gasteiger partial charge >= 0.3 is 5.91 Å². The lowest BCUT2D eigenvalue weighted by Crippen LogP contribution is -2.50. The molecule has 1 amide bonds.